The summed E-state index contributed by atoms with van der Waals surface area (Å²) in [6.45, 7) is 1.58. The van der Waals surface area contributed by atoms with Crippen molar-refractivity contribution < 1.29 is 80.2 Å². The van der Waals surface area contributed by atoms with E-state index < -0.39 is 83.0 Å². The molecule has 0 radical (unpaired) electrons. The van der Waals surface area contributed by atoms with Crippen molar-refractivity contribution in [3.63, 3.8) is 0 Å². The van der Waals surface area contributed by atoms with Crippen molar-refractivity contribution in [1.82, 2.24) is 0 Å². The first-order valence-corrected chi connectivity index (χ1v) is 19.8. The second kappa shape index (κ2) is 15.2. The van der Waals surface area contributed by atoms with Crippen molar-refractivity contribution in [2.24, 2.45) is 0 Å². The predicted octanol–water partition coefficient (Wildman–Crippen LogP) is 5.64. The highest BCUT2D eigenvalue weighted by Gasteiger charge is 2.52. The Morgan fingerprint density at radius 3 is 1.54 bits per heavy atom. The lowest BCUT2D eigenvalue weighted by molar-refractivity contribution is -0.0171. The summed E-state index contributed by atoms with van der Waals surface area (Å²) in [5.41, 5.74) is 1.39. The Labute approximate surface area is 358 Å². The third-order valence-corrected chi connectivity index (χ3v) is 12.2. The van der Waals surface area contributed by atoms with Gasteiger partial charge in [0, 0.05) is 58.2 Å². The monoisotopic (exact) mass is 862 g/mol. The van der Waals surface area contributed by atoms with Gasteiger partial charge in [0.15, 0.2) is 46.7 Å². The molecule has 0 saturated heterocycles. The molecule has 0 aliphatic carbocycles. The van der Waals surface area contributed by atoms with Gasteiger partial charge in [-0.05, 0) is 77.7 Å². The molecule has 0 fully saturated rings. The number of hydrogen-bond donors (Lipinski definition) is 12. The van der Waals surface area contributed by atoms with E-state index in [-0.39, 0.29) is 85.6 Å². The molecule has 16 nitrogen and oxygen atoms in total. The number of benzene rings is 6. The highest BCUT2D eigenvalue weighted by atomic mass is 16.5. The summed E-state index contributed by atoms with van der Waals surface area (Å²) in [4.78, 5) is 0. The topological polar surface area (TPSA) is 280 Å². The van der Waals surface area contributed by atoms with Crippen molar-refractivity contribution in [2.45, 2.75) is 61.8 Å². The summed E-state index contributed by atoms with van der Waals surface area (Å²) in [6, 6.07) is 18.3. The minimum Gasteiger partial charge on any atom is -0.508 e. The smallest absolute Gasteiger partial charge is 0.160 e. The lowest BCUT2D eigenvalue weighted by Crippen LogP contribution is -2.41. The molecule has 16 heteroatoms. The van der Waals surface area contributed by atoms with E-state index in [0.717, 1.165) is 12.1 Å². The zero-order valence-electron chi connectivity index (χ0n) is 33.4. The molecule has 0 amide bonds. The van der Waals surface area contributed by atoms with Crippen LogP contribution in [0.1, 0.15) is 80.2 Å². The van der Waals surface area contributed by atoms with Crippen molar-refractivity contribution in [2.75, 3.05) is 7.11 Å². The van der Waals surface area contributed by atoms with Crippen LogP contribution in [0, 0.1) is 6.92 Å². The second-order valence-corrected chi connectivity index (χ2v) is 16.0. The molecule has 3 aliphatic heterocycles. The van der Waals surface area contributed by atoms with Crippen molar-refractivity contribution in [1.29, 1.82) is 0 Å². The lowest BCUT2D eigenvalue weighted by Gasteiger charge is -2.46. The number of hydrogen-bond acceptors (Lipinski definition) is 16. The Kier molecular flexibility index (Phi) is 9.88. The number of phenols is 9. The van der Waals surface area contributed by atoms with Gasteiger partial charge in [-0.2, -0.15) is 0 Å². The number of aliphatic hydroxyl groups excluding tert-OH is 3. The van der Waals surface area contributed by atoms with E-state index >= 15 is 0 Å². The maximum atomic E-state index is 12.6. The van der Waals surface area contributed by atoms with E-state index in [1.807, 2.05) is 0 Å². The average molecular weight is 863 g/mol. The fourth-order valence-electron chi connectivity index (χ4n) is 9.10. The maximum Gasteiger partial charge on any atom is 0.160 e. The molecule has 9 rings (SSSR count). The number of methoxy groups -OCH3 is 1. The predicted molar refractivity (Wildman–Crippen MR) is 220 cm³/mol. The van der Waals surface area contributed by atoms with Crippen LogP contribution in [-0.2, 0) is 6.42 Å². The molecule has 0 spiro atoms. The van der Waals surface area contributed by atoms with Crippen LogP contribution in [0.4, 0.5) is 0 Å². The molecule has 0 aromatic heterocycles. The van der Waals surface area contributed by atoms with E-state index in [4.69, 9.17) is 18.9 Å². The molecule has 0 bridgehead atoms. The molecule has 3 heterocycles. The molecule has 0 saturated carbocycles. The molecular formula is C47H42O16. The number of aliphatic hydroxyl groups is 3. The van der Waals surface area contributed by atoms with Gasteiger partial charge < -0.3 is 80.2 Å². The van der Waals surface area contributed by atoms with Gasteiger partial charge in [0.25, 0.3) is 0 Å². The summed E-state index contributed by atoms with van der Waals surface area (Å²) in [5, 5.41) is 134. The molecule has 63 heavy (non-hydrogen) atoms. The van der Waals surface area contributed by atoms with Crippen LogP contribution in [-0.4, -0.2) is 86.7 Å². The summed E-state index contributed by atoms with van der Waals surface area (Å²) < 4.78 is 25.6. The number of phenolic OH excluding ortho intramolecular Hbond substituents is 9. The van der Waals surface area contributed by atoms with Crippen LogP contribution in [0.25, 0.3) is 0 Å². The molecular weight excluding hydrogens is 821 g/mol. The highest BCUT2D eigenvalue weighted by molar-refractivity contribution is 5.72. The van der Waals surface area contributed by atoms with Crippen LogP contribution in [0.15, 0.2) is 84.9 Å². The molecule has 6 aromatic carbocycles. The fraction of sp³-hybridized carbons (Fsp3) is 0.234. The summed E-state index contributed by atoms with van der Waals surface area (Å²) in [6.07, 6.45) is -8.89. The lowest BCUT2D eigenvalue weighted by atomic mass is 9.72. The Bertz CT molecular complexity index is 2800. The highest BCUT2D eigenvalue weighted by Crippen LogP contribution is 2.63. The van der Waals surface area contributed by atoms with Crippen molar-refractivity contribution >= 4 is 0 Å². The van der Waals surface area contributed by atoms with E-state index in [1.165, 1.54) is 73.8 Å². The number of aromatic hydroxyl groups is 9. The van der Waals surface area contributed by atoms with Crippen molar-refractivity contribution in [3.05, 3.63) is 135 Å². The number of aryl methyl sites for hydroxylation is 1. The van der Waals surface area contributed by atoms with Gasteiger partial charge in [-0.3, -0.25) is 0 Å². The van der Waals surface area contributed by atoms with Crippen LogP contribution in [0.5, 0.6) is 74.7 Å². The van der Waals surface area contributed by atoms with E-state index in [2.05, 4.69) is 0 Å². The Balaban J connectivity index is 1.39. The molecule has 12 N–H and O–H groups in total. The summed E-state index contributed by atoms with van der Waals surface area (Å²) in [5.74, 6) is -6.37. The normalized spacial score (nSPS) is 23.6. The van der Waals surface area contributed by atoms with Crippen molar-refractivity contribution in [3.8, 4) is 74.7 Å². The van der Waals surface area contributed by atoms with Crippen LogP contribution in [0.3, 0.4) is 0 Å². The number of fused-ring (bicyclic) bond motifs is 6. The first-order valence-electron chi connectivity index (χ1n) is 19.8. The molecule has 6 aromatic rings. The van der Waals surface area contributed by atoms with Gasteiger partial charge in [-0.15, -0.1) is 0 Å². The Morgan fingerprint density at radius 1 is 0.476 bits per heavy atom. The minimum absolute atomic E-state index is 0.00793. The zero-order valence-corrected chi connectivity index (χ0v) is 33.4. The molecule has 0 unspecified atom stereocenters. The van der Waals surface area contributed by atoms with Gasteiger partial charge >= 0.3 is 0 Å². The van der Waals surface area contributed by atoms with E-state index in [9.17, 15) is 61.3 Å². The van der Waals surface area contributed by atoms with E-state index in [1.54, 1.807) is 13.0 Å². The van der Waals surface area contributed by atoms with E-state index in [0.29, 0.717) is 11.1 Å². The summed E-state index contributed by atoms with van der Waals surface area (Å²) >= 11 is 0. The second-order valence-electron chi connectivity index (χ2n) is 16.0. The Morgan fingerprint density at radius 2 is 0.984 bits per heavy atom. The SMILES string of the molecule is COc1ccc([C@H]2Oc3c(c4c(c5c3[C@@H](c3ccc(O)cc3O)[C@H](O)[C@H](c3ccc(O)c(O)c3)O5)[C@H](c3cc(C)c(O)cc3O)[C@H](O)[C@@H](c3ccc(O)c(O)c3)O4)C[C@@H]2O)cc1O. The molecule has 326 valence electrons. The standard InChI is InChI=1S/C47H42O16/c1-18-11-24(30(53)17-28(18)51)37-39-46(62-43(41(37)59)20-3-8-26(49)31(54)12-20)25-16-34(57)42(19-5-10-35(60-2)33(56)14-19)61-45(25)38-36(23-7-6-22(48)15-29(23)52)40(58)44(63-47(38)39)21-4-9-27(50)32(55)13-21/h3-15,17,34,36-37,40-44,48-59H,16H2,1-2H3/t34-,36+,37-,40-,41-,42+,43+,44-/m0/s1. The van der Waals surface area contributed by atoms with Crippen LogP contribution >= 0.6 is 0 Å². The first-order chi connectivity index (χ1) is 30.1. The largest absolute Gasteiger partial charge is 0.508 e. The van der Waals surface area contributed by atoms with Gasteiger partial charge in [0.2, 0.25) is 0 Å². The quantitative estimate of drug-likeness (QED) is 0.0902. The first kappa shape index (κ1) is 41.0. The van der Waals surface area contributed by atoms with Crippen LogP contribution < -0.4 is 18.9 Å². The summed E-state index contributed by atoms with van der Waals surface area (Å²) in [7, 11) is 1.37. The zero-order chi connectivity index (χ0) is 44.8. The average Bonchev–Trinajstić information content (AvgIpc) is 3.24. The maximum absolute atomic E-state index is 12.6. The molecule has 8 atom stereocenters. The third kappa shape index (κ3) is 6.66. The van der Waals surface area contributed by atoms with Gasteiger partial charge in [-0.25, -0.2) is 0 Å². The molecule has 3 aliphatic rings. The Hall–Kier alpha value is -7.40. The number of rotatable bonds is 6. The minimum atomic E-state index is -1.66. The number of ether oxygens (including phenoxy) is 4. The fourth-order valence-corrected chi connectivity index (χ4v) is 9.10. The van der Waals surface area contributed by atoms with Crippen LogP contribution in [0.2, 0.25) is 0 Å². The van der Waals surface area contributed by atoms with Gasteiger partial charge in [0.05, 0.1) is 13.2 Å². The third-order valence-electron chi connectivity index (χ3n) is 12.2. The van der Waals surface area contributed by atoms with Gasteiger partial charge in [0.1, 0.15) is 58.6 Å². The van der Waals surface area contributed by atoms with Gasteiger partial charge in [-0.1, -0.05) is 24.3 Å².